The molecule has 1 aromatic heterocycles. The third-order valence-electron chi connectivity index (χ3n) is 2.77. The van der Waals surface area contributed by atoms with E-state index in [2.05, 4.69) is 5.32 Å². The molecule has 0 bridgehead atoms. The summed E-state index contributed by atoms with van der Waals surface area (Å²) in [6, 6.07) is 3.72. The van der Waals surface area contributed by atoms with Gasteiger partial charge in [0.05, 0.1) is 10.4 Å². The van der Waals surface area contributed by atoms with Gasteiger partial charge in [0.25, 0.3) is 0 Å². The van der Waals surface area contributed by atoms with Gasteiger partial charge in [0, 0.05) is 11.3 Å². The zero-order chi connectivity index (χ0) is 12.1. The summed E-state index contributed by atoms with van der Waals surface area (Å²) < 4.78 is 6.33. The van der Waals surface area contributed by atoms with Crippen LogP contribution in [0, 0.1) is 0 Å². The second-order valence-corrected chi connectivity index (χ2v) is 5.98. The van der Waals surface area contributed by atoms with Crippen molar-refractivity contribution in [2.45, 2.75) is 25.4 Å². The predicted molar refractivity (Wildman–Crippen MR) is 69.9 cm³/mol. The van der Waals surface area contributed by atoms with Gasteiger partial charge in [-0.05, 0) is 38.1 Å². The van der Waals surface area contributed by atoms with E-state index in [4.69, 9.17) is 16.3 Å². The van der Waals surface area contributed by atoms with E-state index in [1.165, 1.54) is 11.3 Å². The molecule has 94 valence electrons. The molecule has 0 aromatic carbocycles. The molecule has 0 amide bonds. The fourth-order valence-corrected chi connectivity index (χ4v) is 2.98. The van der Waals surface area contributed by atoms with E-state index in [1.54, 1.807) is 0 Å². The molecule has 2 heterocycles. The van der Waals surface area contributed by atoms with E-state index >= 15 is 0 Å². The summed E-state index contributed by atoms with van der Waals surface area (Å²) >= 11 is 7.27. The predicted octanol–water partition coefficient (Wildman–Crippen LogP) is 2.28. The van der Waals surface area contributed by atoms with Crippen LogP contribution < -0.4 is 5.32 Å². The van der Waals surface area contributed by atoms with Crippen LogP contribution >= 0.6 is 22.9 Å². The van der Waals surface area contributed by atoms with E-state index in [0.717, 1.165) is 35.1 Å². The summed E-state index contributed by atoms with van der Waals surface area (Å²) in [6.07, 6.45) is 2.67. The maximum atomic E-state index is 11.7. The second-order valence-electron chi connectivity index (χ2n) is 4.18. The number of ketones is 1. The average Bonchev–Trinajstić information content (AvgIpc) is 2.73. The highest BCUT2D eigenvalue weighted by Crippen LogP contribution is 2.21. The number of nitrogens with one attached hydrogen (secondary N) is 1. The van der Waals surface area contributed by atoms with Gasteiger partial charge >= 0.3 is 0 Å². The normalized spacial score (nSPS) is 17.2. The summed E-state index contributed by atoms with van der Waals surface area (Å²) in [5, 5.41) is 3.27. The van der Waals surface area contributed by atoms with Crippen molar-refractivity contribution in [1.29, 1.82) is 0 Å². The molecule has 3 nitrogen and oxygen atoms in total. The highest BCUT2D eigenvalue weighted by Gasteiger charge is 2.15. The van der Waals surface area contributed by atoms with Crippen molar-refractivity contribution in [3.8, 4) is 0 Å². The number of thiophene rings is 1. The molecule has 0 radical (unpaired) electrons. The van der Waals surface area contributed by atoms with Crippen LogP contribution in [0.15, 0.2) is 12.1 Å². The molecule has 5 heteroatoms. The summed E-state index contributed by atoms with van der Waals surface area (Å²) in [4.78, 5) is 12.7. The Bertz CT molecular complexity index is 374. The molecular formula is C12H16ClNO2S. The van der Waals surface area contributed by atoms with Crippen LogP contribution in [0.4, 0.5) is 0 Å². The lowest BCUT2D eigenvalue weighted by Gasteiger charge is -2.22. The van der Waals surface area contributed by atoms with Gasteiger partial charge in [0.1, 0.15) is 6.61 Å². The van der Waals surface area contributed by atoms with Gasteiger partial charge in [-0.3, -0.25) is 4.79 Å². The number of hydrogen-bond donors (Lipinski definition) is 1. The van der Waals surface area contributed by atoms with Gasteiger partial charge in [0.15, 0.2) is 5.78 Å². The third-order valence-corrected chi connectivity index (χ3v) is 4.00. The van der Waals surface area contributed by atoms with Crippen LogP contribution in [0.5, 0.6) is 0 Å². The highest BCUT2D eigenvalue weighted by molar-refractivity contribution is 7.16. The minimum absolute atomic E-state index is 0.127. The Balaban J connectivity index is 1.70. The molecule has 1 aliphatic heterocycles. The number of halogens is 1. The molecule has 1 fully saturated rings. The van der Waals surface area contributed by atoms with E-state index in [-0.39, 0.29) is 18.5 Å². The third kappa shape index (κ3) is 4.39. The summed E-state index contributed by atoms with van der Waals surface area (Å²) in [5.41, 5.74) is 0. The molecule has 0 spiro atoms. The molecule has 0 saturated carbocycles. The second kappa shape index (κ2) is 6.50. The van der Waals surface area contributed by atoms with Crippen molar-refractivity contribution >= 4 is 28.7 Å². The van der Waals surface area contributed by atoms with E-state index in [1.807, 2.05) is 12.1 Å². The largest absolute Gasteiger partial charge is 0.370 e. The van der Waals surface area contributed by atoms with Crippen molar-refractivity contribution < 1.29 is 9.53 Å². The SMILES string of the molecule is O=C(COC1CCNCC1)Cc1ccc(Cl)s1. The number of carbonyl (C=O) groups excluding carboxylic acids is 1. The molecule has 2 rings (SSSR count). The zero-order valence-corrected chi connectivity index (χ0v) is 11.1. The number of piperidine rings is 1. The molecule has 1 N–H and O–H groups in total. The van der Waals surface area contributed by atoms with Crippen molar-refractivity contribution in [3.05, 3.63) is 21.3 Å². The molecule has 1 saturated heterocycles. The van der Waals surface area contributed by atoms with Gasteiger partial charge < -0.3 is 10.1 Å². The Labute approximate surface area is 110 Å². The fraction of sp³-hybridized carbons (Fsp3) is 0.583. The Kier molecular flexibility index (Phi) is 4.98. The van der Waals surface area contributed by atoms with E-state index in [9.17, 15) is 4.79 Å². The van der Waals surface area contributed by atoms with Crippen LogP contribution in [-0.4, -0.2) is 31.6 Å². The van der Waals surface area contributed by atoms with Crippen molar-refractivity contribution in [2.75, 3.05) is 19.7 Å². The van der Waals surface area contributed by atoms with Gasteiger partial charge in [-0.25, -0.2) is 0 Å². The molecule has 1 aliphatic rings. The first kappa shape index (κ1) is 13.0. The number of hydrogen-bond acceptors (Lipinski definition) is 4. The van der Waals surface area contributed by atoms with Crippen LogP contribution in [0.25, 0.3) is 0 Å². The minimum atomic E-state index is 0.127. The van der Waals surface area contributed by atoms with Gasteiger partial charge in [0.2, 0.25) is 0 Å². The standard InChI is InChI=1S/C12H16ClNO2S/c13-12-2-1-11(17-12)7-9(15)8-16-10-3-5-14-6-4-10/h1-2,10,14H,3-8H2. The minimum Gasteiger partial charge on any atom is -0.370 e. The molecular weight excluding hydrogens is 258 g/mol. The van der Waals surface area contributed by atoms with Crippen LogP contribution in [0.1, 0.15) is 17.7 Å². The molecule has 17 heavy (non-hydrogen) atoms. The highest BCUT2D eigenvalue weighted by atomic mass is 35.5. The zero-order valence-electron chi connectivity index (χ0n) is 9.58. The van der Waals surface area contributed by atoms with Crippen molar-refractivity contribution in [3.63, 3.8) is 0 Å². The van der Waals surface area contributed by atoms with Crippen molar-refractivity contribution in [1.82, 2.24) is 5.32 Å². The van der Waals surface area contributed by atoms with Crippen LogP contribution in [0.3, 0.4) is 0 Å². The Morgan fingerprint density at radius 3 is 2.88 bits per heavy atom. The Hall–Kier alpha value is -0.420. The fourth-order valence-electron chi connectivity index (χ4n) is 1.87. The van der Waals surface area contributed by atoms with Crippen LogP contribution in [-0.2, 0) is 16.0 Å². The first-order chi connectivity index (χ1) is 8.24. The van der Waals surface area contributed by atoms with E-state index in [0.29, 0.717) is 6.42 Å². The summed E-state index contributed by atoms with van der Waals surface area (Å²) in [5.74, 6) is 0.127. The number of Topliss-reactive ketones (excluding diaryl/α,β-unsaturated/α-hetero) is 1. The summed E-state index contributed by atoms with van der Waals surface area (Å²) in [7, 11) is 0. The van der Waals surface area contributed by atoms with Gasteiger partial charge in [-0.2, -0.15) is 0 Å². The van der Waals surface area contributed by atoms with E-state index < -0.39 is 0 Å². The summed E-state index contributed by atoms with van der Waals surface area (Å²) in [6.45, 7) is 2.19. The first-order valence-electron chi connectivity index (χ1n) is 5.82. The smallest absolute Gasteiger partial charge is 0.163 e. The van der Waals surface area contributed by atoms with Crippen molar-refractivity contribution in [2.24, 2.45) is 0 Å². The Morgan fingerprint density at radius 2 is 2.24 bits per heavy atom. The average molecular weight is 274 g/mol. The quantitative estimate of drug-likeness (QED) is 0.895. The van der Waals surface area contributed by atoms with Crippen LogP contribution in [0.2, 0.25) is 4.34 Å². The number of rotatable bonds is 5. The first-order valence-corrected chi connectivity index (χ1v) is 7.02. The lowest BCUT2D eigenvalue weighted by atomic mass is 10.1. The van der Waals surface area contributed by atoms with Gasteiger partial charge in [-0.15, -0.1) is 11.3 Å². The lowest BCUT2D eigenvalue weighted by molar-refractivity contribution is -0.125. The Morgan fingerprint density at radius 1 is 1.47 bits per heavy atom. The maximum absolute atomic E-state index is 11.7. The topological polar surface area (TPSA) is 38.3 Å². The number of carbonyl (C=O) groups is 1. The molecule has 0 unspecified atom stereocenters. The monoisotopic (exact) mass is 273 g/mol. The van der Waals surface area contributed by atoms with Gasteiger partial charge in [-0.1, -0.05) is 11.6 Å². The maximum Gasteiger partial charge on any atom is 0.163 e. The number of ether oxygens (including phenoxy) is 1. The molecule has 0 atom stereocenters. The molecule has 0 aliphatic carbocycles. The lowest BCUT2D eigenvalue weighted by Crippen LogP contribution is -2.33. The molecule has 1 aromatic rings.